The van der Waals surface area contributed by atoms with Gasteiger partial charge in [0, 0.05) is 6.04 Å². The normalized spacial score (nSPS) is 15.5. The summed E-state index contributed by atoms with van der Waals surface area (Å²) in [6.45, 7) is 2.16. The highest BCUT2D eigenvalue weighted by Gasteiger charge is 2.20. The fourth-order valence-corrected chi connectivity index (χ4v) is 3.20. The molecule has 1 heterocycles. The number of ether oxygens (including phenoxy) is 2. The number of methoxy groups -OCH3 is 2. The second kappa shape index (κ2) is 8.18. The largest absolute Gasteiger partial charge is 0.497 e. The molecular weight excluding hydrogens is 300 g/mol. The molecule has 3 rings (SSSR count). The molecule has 24 heavy (non-hydrogen) atoms. The lowest BCUT2D eigenvalue weighted by Gasteiger charge is -2.30. The molecule has 0 aromatic heterocycles. The minimum Gasteiger partial charge on any atom is -0.497 e. The molecule has 0 spiro atoms. The maximum Gasteiger partial charge on any atom is 0.118 e. The Morgan fingerprint density at radius 1 is 0.833 bits per heavy atom. The fourth-order valence-electron chi connectivity index (χ4n) is 3.20. The van der Waals surface area contributed by atoms with Crippen LogP contribution in [0.15, 0.2) is 48.5 Å². The third-order valence-corrected chi connectivity index (χ3v) is 4.64. The molecule has 1 fully saturated rings. The molecule has 4 nitrogen and oxygen atoms in total. The molecule has 0 amide bonds. The Morgan fingerprint density at radius 3 is 1.71 bits per heavy atom. The van der Waals surface area contributed by atoms with Gasteiger partial charge in [-0.1, -0.05) is 24.3 Å². The maximum absolute atomic E-state index is 5.29. The molecule has 0 radical (unpaired) electrons. The topological polar surface area (TPSA) is 42.5 Å². The molecule has 0 unspecified atom stereocenters. The summed E-state index contributed by atoms with van der Waals surface area (Å²) in [6, 6.07) is 17.4. The predicted molar refractivity (Wildman–Crippen MR) is 96.9 cm³/mol. The van der Waals surface area contributed by atoms with Crippen molar-refractivity contribution >= 4 is 0 Å². The van der Waals surface area contributed by atoms with Gasteiger partial charge in [-0.25, -0.2) is 0 Å². The van der Waals surface area contributed by atoms with Gasteiger partial charge >= 0.3 is 0 Å². The van der Waals surface area contributed by atoms with E-state index in [0.717, 1.165) is 37.4 Å². The van der Waals surface area contributed by atoms with Crippen LogP contribution in [0.1, 0.15) is 30.0 Å². The molecule has 2 aromatic rings. The highest BCUT2D eigenvalue weighted by Crippen LogP contribution is 2.27. The molecule has 1 saturated heterocycles. The minimum atomic E-state index is 0.171. The Hall–Kier alpha value is -2.04. The number of benzene rings is 2. The zero-order valence-electron chi connectivity index (χ0n) is 14.4. The van der Waals surface area contributed by atoms with Gasteiger partial charge in [0.2, 0.25) is 0 Å². The second-order valence-corrected chi connectivity index (χ2v) is 6.17. The zero-order valence-corrected chi connectivity index (χ0v) is 14.4. The third kappa shape index (κ3) is 4.08. The van der Waals surface area contributed by atoms with Gasteiger partial charge in [-0.15, -0.1) is 0 Å². The summed E-state index contributed by atoms with van der Waals surface area (Å²) in [4.78, 5) is 0. The van der Waals surface area contributed by atoms with Gasteiger partial charge in [-0.05, 0) is 61.3 Å². The van der Waals surface area contributed by atoms with Crippen LogP contribution in [0.3, 0.4) is 0 Å². The lowest BCUT2D eigenvalue weighted by Crippen LogP contribution is -2.41. The first-order valence-electron chi connectivity index (χ1n) is 8.55. The Labute approximate surface area is 144 Å². The number of hydrogen-bond acceptors (Lipinski definition) is 4. The predicted octanol–water partition coefficient (Wildman–Crippen LogP) is 3.13. The number of hydrogen-bond donors (Lipinski definition) is 2. The SMILES string of the molecule is COc1ccc(C(NC2CCNCC2)c2ccc(OC)cc2)cc1. The van der Waals surface area contributed by atoms with E-state index in [0.29, 0.717) is 6.04 Å². The summed E-state index contributed by atoms with van der Waals surface area (Å²) >= 11 is 0. The van der Waals surface area contributed by atoms with Crippen LogP contribution in [0.5, 0.6) is 11.5 Å². The van der Waals surface area contributed by atoms with Crippen molar-refractivity contribution in [3.63, 3.8) is 0 Å². The second-order valence-electron chi connectivity index (χ2n) is 6.17. The molecule has 0 atom stereocenters. The van der Waals surface area contributed by atoms with Crippen LogP contribution in [0, 0.1) is 0 Å². The maximum atomic E-state index is 5.29. The van der Waals surface area contributed by atoms with E-state index in [2.05, 4.69) is 34.9 Å². The van der Waals surface area contributed by atoms with Gasteiger partial charge < -0.3 is 20.1 Å². The van der Waals surface area contributed by atoms with Gasteiger partial charge in [0.15, 0.2) is 0 Å². The van der Waals surface area contributed by atoms with Crippen LogP contribution in [-0.4, -0.2) is 33.4 Å². The number of rotatable bonds is 6. The van der Waals surface area contributed by atoms with E-state index in [9.17, 15) is 0 Å². The number of piperidine rings is 1. The van der Waals surface area contributed by atoms with Crippen LogP contribution in [0.25, 0.3) is 0 Å². The highest BCUT2D eigenvalue weighted by molar-refractivity contribution is 5.38. The quantitative estimate of drug-likeness (QED) is 0.856. The third-order valence-electron chi connectivity index (χ3n) is 4.64. The Kier molecular flexibility index (Phi) is 5.72. The van der Waals surface area contributed by atoms with Crippen molar-refractivity contribution in [1.82, 2.24) is 10.6 Å². The van der Waals surface area contributed by atoms with E-state index in [4.69, 9.17) is 9.47 Å². The molecule has 0 bridgehead atoms. The summed E-state index contributed by atoms with van der Waals surface area (Å²) in [5.74, 6) is 1.77. The standard InChI is InChI=1S/C20H26N2O2/c1-23-18-7-3-15(4-8-18)20(22-17-11-13-21-14-12-17)16-5-9-19(24-2)10-6-16/h3-10,17,20-22H,11-14H2,1-2H3. The van der Waals surface area contributed by atoms with Gasteiger partial charge in [0.25, 0.3) is 0 Å². The summed E-state index contributed by atoms with van der Waals surface area (Å²) in [5.41, 5.74) is 2.50. The Bertz CT molecular complexity index is 572. The van der Waals surface area contributed by atoms with E-state index in [1.165, 1.54) is 11.1 Å². The van der Waals surface area contributed by atoms with Crippen molar-refractivity contribution in [2.24, 2.45) is 0 Å². The van der Waals surface area contributed by atoms with Crippen molar-refractivity contribution in [2.45, 2.75) is 24.9 Å². The van der Waals surface area contributed by atoms with Gasteiger partial charge in [-0.2, -0.15) is 0 Å². The lowest BCUT2D eigenvalue weighted by molar-refractivity contribution is 0.366. The number of nitrogens with one attached hydrogen (secondary N) is 2. The Morgan fingerprint density at radius 2 is 1.29 bits per heavy atom. The van der Waals surface area contributed by atoms with Crippen molar-refractivity contribution < 1.29 is 9.47 Å². The molecule has 0 saturated carbocycles. The summed E-state index contributed by atoms with van der Waals surface area (Å²) < 4.78 is 10.6. The van der Waals surface area contributed by atoms with Crippen molar-refractivity contribution in [2.75, 3.05) is 27.3 Å². The van der Waals surface area contributed by atoms with Crippen LogP contribution in [-0.2, 0) is 0 Å². The molecule has 2 N–H and O–H groups in total. The van der Waals surface area contributed by atoms with Crippen molar-refractivity contribution in [3.8, 4) is 11.5 Å². The van der Waals surface area contributed by atoms with Gasteiger partial charge in [-0.3, -0.25) is 0 Å². The monoisotopic (exact) mass is 326 g/mol. The fraction of sp³-hybridized carbons (Fsp3) is 0.400. The first-order valence-corrected chi connectivity index (χ1v) is 8.55. The highest BCUT2D eigenvalue weighted by atomic mass is 16.5. The van der Waals surface area contributed by atoms with E-state index in [1.807, 2.05) is 24.3 Å². The molecule has 2 aromatic carbocycles. The molecule has 1 aliphatic rings. The van der Waals surface area contributed by atoms with Crippen LogP contribution >= 0.6 is 0 Å². The van der Waals surface area contributed by atoms with Crippen molar-refractivity contribution in [3.05, 3.63) is 59.7 Å². The summed E-state index contributed by atoms with van der Waals surface area (Å²) in [6.07, 6.45) is 2.31. The molecule has 0 aliphatic carbocycles. The van der Waals surface area contributed by atoms with Crippen LogP contribution < -0.4 is 20.1 Å². The first-order chi connectivity index (χ1) is 11.8. The zero-order chi connectivity index (χ0) is 16.8. The average molecular weight is 326 g/mol. The summed E-state index contributed by atoms with van der Waals surface area (Å²) in [5, 5.41) is 7.27. The van der Waals surface area contributed by atoms with E-state index in [1.54, 1.807) is 14.2 Å². The summed E-state index contributed by atoms with van der Waals surface area (Å²) in [7, 11) is 3.40. The first kappa shape index (κ1) is 16.8. The lowest BCUT2D eigenvalue weighted by atomic mass is 9.95. The smallest absolute Gasteiger partial charge is 0.118 e. The molecule has 128 valence electrons. The molecule has 4 heteroatoms. The minimum absolute atomic E-state index is 0.171. The Balaban J connectivity index is 1.85. The van der Waals surface area contributed by atoms with Crippen molar-refractivity contribution in [1.29, 1.82) is 0 Å². The van der Waals surface area contributed by atoms with Crippen LogP contribution in [0.4, 0.5) is 0 Å². The van der Waals surface area contributed by atoms with Crippen LogP contribution in [0.2, 0.25) is 0 Å². The van der Waals surface area contributed by atoms with E-state index >= 15 is 0 Å². The van der Waals surface area contributed by atoms with Gasteiger partial charge in [0.05, 0.1) is 20.3 Å². The van der Waals surface area contributed by atoms with Gasteiger partial charge in [0.1, 0.15) is 11.5 Å². The van der Waals surface area contributed by atoms with E-state index < -0.39 is 0 Å². The molecular formula is C20H26N2O2. The molecule has 1 aliphatic heterocycles. The average Bonchev–Trinajstić information content (AvgIpc) is 2.67. The van der Waals surface area contributed by atoms with E-state index in [-0.39, 0.29) is 6.04 Å².